The van der Waals surface area contributed by atoms with Gasteiger partial charge >= 0.3 is 0 Å². The Morgan fingerprint density at radius 3 is 2.64 bits per heavy atom. The first kappa shape index (κ1) is 13.7. The number of nitrogens with zero attached hydrogens (tertiary/aromatic N) is 4. The Hall–Kier alpha value is -1.91. The molecule has 0 bridgehead atoms. The number of piperazine rings is 1. The Morgan fingerprint density at radius 1 is 1.09 bits per heavy atom. The van der Waals surface area contributed by atoms with Crippen LogP contribution in [0.5, 0.6) is 0 Å². The number of amides is 1. The summed E-state index contributed by atoms with van der Waals surface area (Å²) in [5.74, 6) is 1.70. The molecular formula is C17H22N4O. The van der Waals surface area contributed by atoms with Gasteiger partial charge in [0, 0.05) is 44.1 Å². The van der Waals surface area contributed by atoms with Crippen LogP contribution in [-0.2, 0) is 11.2 Å². The standard InChI is InChI=1S/C17H22N4O/c22-17(13-4-1-2-5-13)21-10-8-20(9-11-21)16-14-6-3-7-15(14)18-12-19-16/h3,6,12-13H,1-2,4-5,7-11H2. The monoisotopic (exact) mass is 298 g/mol. The van der Waals surface area contributed by atoms with E-state index in [1.807, 2.05) is 0 Å². The molecule has 0 spiro atoms. The van der Waals surface area contributed by atoms with E-state index in [0.717, 1.165) is 62.5 Å². The lowest BCUT2D eigenvalue weighted by atomic mass is 10.1. The minimum absolute atomic E-state index is 0.290. The van der Waals surface area contributed by atoms with Gasteiger partial charge in [-0.15, -0.1) is 0 Å². The molecule has 1 aromatic rings. The van der Waals surface area contributed by atoms with Gasteiger partial charge in [-0.2, -0.15) is 0 Å². The molecule has 1 saturated heterocycles. The molecule has 22 heavy (non-hydrogen) atoms. The van der Waals surface area contributed by atoms with E-state index in [2.05, 4.69) is 31.9 Å². The summed E-state index contributed by atoms with van der Waals surface area (Å²) in [5, 5.41) is 0. The van der Waals surface area contributed by atoms with Crippen molar-refractivity contribution in [2.24, 2.45) is 5.92 Å². The largest absolute Gasteiger partial charge is 0.352 e. The van der Waals surface area contributed by atoms with Crippen molar-refractivity contribution >= 4 is 17.8 Å². The second-order valence-corrected chi connectivity index (χ2v) is 6.46. The van der Waals surface area contributed by atoms with Gasteiger partial charge in [0.1, 0.15) is 12.1 Å². The maximum atomic E-state index is 12.5. The lowest BCUT2D eigenvalue weighted by molar-refractivity contribution is -0.135. The molecule has 2 aliphatic carbocycles. The number of rotatable bonds is 2. The van der Waals surface area contributed by atoms with Crippen LogP contribution in [0.1, 0.15) is 36.9 Å². The molecule has 1 aliphatic heterocycles. The third kappa shape index (κ3) is 2.38. The van der Waals surface area contributed by atoms with Crippen molar-refractivity contribution in [2.45, 2.75) is 32.1 Å². The maximum Gasteiger partial charge on any atom is 0.225 e. The normalized spacial score (nSPS) is 21.5. The van der Waals surface area contributed by atoms with Crippen LogP contribution >= 0.6 is 0 Å². The van der Waals surface area contributed by atoms with Crippen molar-refractivity contribution in [3.8, 4) is 0 Å². The molecule has 0 N–H and O–H groups in total. The van der Waals surface area contributed by atoms with Gasteiger partial charge in [0.05, 0.1) is 5.69 Å². The molecule has 3 aliphatic rings. The SMILES string of the molecule is O=C(C1CCCC1)N1CCN(c2ncnc3c2C=CC3)CC1. The second kappa shape index (κ2) is 5.71. The molecule has 0 atom stereocenters. The van der Waals surface area contributed by atoms with Gasteiger partial charge in [-0.25, -0.2) is 9.97 Å². The highest BCUT2D eigenvalue weighted by molar-refractivity contribution is 5.79. The fraction of sp³-hybridized carbons (Fsp3) is 0.588. The molecule has 0 aromatic carbocycles. The maximum absolute atomic E-state index is 12.5. The van der Waals surface area contributed by atoms with Gasteiger partial charge in [0.15, 0.2) is 0 Å². The quantitative estimate of drug-likeness (QED) is 0.836. The van der Waals surface area contributed by atoms with Crippen LogP contribution < -0.4 is 4.90 Å². The molecule has 5 heteroatoms. The van der Waals surface area contributed by atoms with E-state index in [1.54, 1.807) is 6.33 Å². The lowest BCUT2D eigenvalue weighted by Crippen LogP contribution is -2.50. The minimum atomic E-state index is 0.290. The average molecular weight is 298 g/mol. The molecule has 0 unspecified atom stereocenters. The predicted octanol–water partition coefficient (Wildman–Crippen LogP) is 1.88. The zero-order valence-corrected chi connectivity index (χ0v) is 12.9. The van der Waals surface area contributed by atoms with Crippen LogP contribution in [0.4, 0.5) is 5.82 Å². The summed E-state index contributed by atoms with van der Waals surface area (Å²) in [7, 11) is 0. The molecule has 2 fully saturated rings. The first-order valence-electron chi connectivity index (χ1n) is 8.37. The molecule has 5 nitrogen and oxygen atoms in total. The summed E-state index contributed by atoms with van der Waals surface area (Å²) >= 11 is 0. The second-order valence-electron chi connectivity index (χ2n) is 6.46. The van der Waals surface area contributed by atoms with Crippen LogP contribution in [0, 0.1) is 5.92 Å². The number of fused-ring (bicyclic) bond motifs is 1. The molecule has 1 saturated carbocycles. The van der Waals surface area contributed by atoms with Gasteiger partial charge in [0.2, 0.25) is 5.91 Å². The van der Waals surface area contributed by atoms with Gasteiger partial charge in [0.25, 0.3) is 0 Å². The highest BCUT2D eigenvalue weighted by atomic mass is 16.2. The van der Waals surface area contributed by atoms with Crippen LogP contribution in [-0.4, -0.2) is 47.0 Å². The van der Waals surface area contributed by atoms with Crippen LogP contribution in [0.15, 0.2) is 12.4 Å². The number of aromatic nitrogens is 2. The summed E-state index contributed by atoms with van der Waals surface area (Å²) in [6.45, 7) is 3.38. The first-order chi connectivity index (χ1) is 10.8. The van der Waals surface area contributed by atoms with Crippen LogP contribution in [0.25, 0.3) is 6.08 Å². The Bertz CT molecular complexity index is 599. The van der Waals surface area contributed by atoms with Crippen molar-refractivity contribution in [1.82, 2.24) is 14.9 Å². The molecule has 116 valence electrons. The van der Waals surface area contributed by atoms with Crippen molar-refractivity contribution in [1.29, 1.82) is 0 Å². The molecule has 1 aromatic heterocycles. The first-order valence-corrected chi connectivity index (χ1v) is 8.37. The van der Waals surface area contributed by atoms with E-state index in [9.17, 15) is 4.79 Å². The topological polar surface area (TPSA) is 49.3 Å². The van der Waals surface area contributed by atoms with Crippen molar-refractivity contribution in [3.05, 3.63) is 23.7 Å². The molecule has 0 radical (unpaired) electrons. The van der Waals surface area contributed by atoms with Gasteiger partial charge in [-0.3, -0.25) is 4.79 Å². The summed E-state index contributed by atoms with van der Waals surface area (Å²) in [6, 6.07) is 0. The van der Waals surface area contributed by atoms with E-state index in [0.29, 0.717) is 5.91 Å². The predicted molar refractivity (Wildman–Crippen MR) is 85.5 cm³/mol. The van der Waals surface area contributed by atoms with Crippen LogP contribution in [0.3, 0.4) is 0 Å². The van der Waals surface area contributed by atoms with E-state index in [1.165, 1.54) is 12.8 Å². The van der Waals surface area contributed by atoms with E-state index < -0.39 is 0 Å². The average Bonchev–Trinajstić information content (AvgIpc) is 3.25. The minimum Gasteiger partial charge on any atom is -0.352 e. The number of allylic oxidation sites excluding steroid dienone is 1. The Kier molecular flexibility index (Phi) is 3.56. The van der Waals surface area contributed by atoms with E-state index in [-0.39, 0.29) is 5.92 Å². The summed E-state index contributed by atoms with van der Waals surface area (Å²) in [6.07, 6.45) is 11.4. The zero-order chi connectivity index (χ0) is 14.9. The summed E-state index contributed by atoms with van der Waals surface area (Å²) < 4.78 is 0. The molecule has 1 amide bonds. The smallest absolute Gasteiger partial charge is 0.225 e. The van der Waals surface area contributed by atoms with E-state index in [4.69, 9.17) is 0 Å². The number of hydrogen-bond donors (Lipinski definition) is 0. The third-order valence-corrected chi connectivity index (χ3v) is 5.14. The fourth-order valence-electron chi connectivity index (χ4n) is 3.86. The van der Waals surface area contributed by atoms with Gasteiger partial charge < -0.3 is 9.80 Å². The number of anilines is 1. The number of hydrogen-bond acceptors (Lipinski definition) is 4. The van der Waals surface area contributed by atoms with Crippen LogP contribution in [0.2, 0.25) is 0 Å². The molecular weight excluding hydrogens is 276 g/mol. The molecule has 4 rings (SSSR count). The third-order valence-electron chi connectivity index (χ3n) is 5.14. The summed E-state index contributed by atoms with van der Waals surface area (Å²) in [5.41, 5.74) is 2.28. The number of carbonyl (C=O) groups is 1. The fourth-order valence-corrected chi connectivity index (χ4v) is 3.86. The van der Waals surface area contributed by atoms with E-state index >= 15 is 0 Å². The zero-order valence-electron chi connectivity index (χ0n) is 12.9. The van der Waals surface area contributed by atoms with Crippen molar-refractivity contribution in [2.75, 3.05) is 31.1 Å². The Morgan fingerprint density at radius 2 is 1.86 bits per heavy atom. The molecule has 2 heterocycles. The van der Waals surface area contributed by atoms with Gasteiger partial charge in [-0.05, 0) is 12.8 Å². The Balaban J connectivity index is 1.43. The summed E-state index contributed by atoms with van der Waals surface area (Å²) in [4.78, 5) is 25.7. The Labute approximate surface area is 131 Å². The lowest BCUT2D eigenvalue weighted by Gasteiger charge is -2.37. The highest BCUT2D eigenvalue weighted by Gasteiger charge is 2.30. The van der Waals surface area contributed by atoms with Gasteiger partial charge in [-0.1, -0.05) is 25.0 Å². The van der Waals surface area contributed by atoms with Crippen molar-refractivity contribution < 1.29 is 4.79 Å². The highest BCUT2D eigenvalue weighted by Crippen LogP contribution is 2.29. The number of carbonyl (C=O) groups excluding carboxylic acids is 1. The van der Waals surface area contributed by atoms with Crippen molar-refractivity contribution in [3.63, 3.8) is 0 Å².